The van der Waals surface area contributed by atoms with Gasteiger partial charge in [-0.15, -0.1) is 0 Å². The number of hydrogen-bond acceptors (Lipinski definition) is 4. The average Bonchev–Trinajstić information content (AvgIpc) is 2.35. The van der Waals surface area contributed by atoms with Gasteiger partial charge in [-0.25, -0.2) is 13.1 Å². The summed E-state index contributed by atoms with van der Waals surface area (Å²) in [6, 6.07) is 6.40. The van der Waals surface area contributed by atoms with Crippen molar-refractivity contribution in [3.8, 4) is 0 Å². The molecule has 18 heavy (non-hydrogen) atoms. The molecule has 0 atom stereocenters. The van der Waals surface area contributed by atoms with E-state index in [4.69, 9.17) is 0 Å². The van der Waals surface area contributed by atoms with Gasteiger partial charge in [0.15, 0.2) is 0 Å². The summed E-state index contributed by atoms with van der Waals surface area (Å²) in [6.45, 7) is 2.56. The first-order valence-corrected chi connectivity index (χ1v) is 6.96. The fourth-order valence-corrected chi connectivity index (χ4v) is 2.05. The first-order valence-electron chi connectivity index (χ1n) is 5.47. The highest BCUT2D eigenvalue weighted by Gasteiger charge is 2.09. The molecule has 1 aromatic rings. The SMILES string of the molecule is CNS(=O)(=O)c1ccc(NCCNC(C)=O)cc1. The quantitative estimate of drug-likeness (QED) is 0.642. The number of amides is 1. The second-order valence-corrected chi connectivity index (χ2v) is 5.53. The Morgan fingerprint density at radius 1 is 1.17 bits per heavy atom. The third-order valence-corrected chi connectivity index (χ3v) is 3.69. The Hall–Kier alpha value is -1.60. The zero-order chi connectivity index (χ0) is 13.6. The van der Waals surface area contributed by atoms with Crippen molar-refractivity contribution in [2.75, 3.05) is 25.5 Å². The highest BCUT2D eigenvalue weighted by molar-refractivity contribution is 7.89. The van der Waals surface area contributed by atoms with Crippen LogP contribution in [0.5, 0.6) is 0 Å². The number of carbonyl (C=O) groups excluding carboxylic acids is 1. The van der Waals surface area contributed by atoms with Gasteiger partial charge >= 0.3 is 0 Å². The van der Waals surface area contributed by atoms with Crippen molar-refractivity contribution in [1.29, 1.82) is 0 Å². The molecule has 0 aliphatic carbocycles. The second-order valence-electron chi connectivity index (χ2n) is 3.64. The van der Waals surface area contributed by atoms with Gasteiger partial charge in [-0.1, -0.05) is 0 Å². The van der Waals surface area contributed by atoms with Crippen LogP contribution < -0.4 is 15.4 Å². The van der Waals surface area contributed by atoms with E-state index in [0.29, 0.717) is 13.1 Å². The number of anilines is 1. The molecule has 0 heterocycles. The van der Waals surface area contributed by atoms with Gasteiger partial charge < -0.3 is 10.6 Å². The molecule has 0 unspecified atom stereocenters. The molecule has 0 aliphatic rings. The van der Waals surface area contributed by atoms with Crippen LogP contribution in [-0.2, 0) is 14.8 Å². The molecule has 0 aliphatic heterocycles. The fraction of sp³-hybridized carbons (Fsp3) is 0.364. The number of carbonyl (C=O) groups is 1. The normalized spacial score (nSPS) is 11.0. The molecule has 0 radical (unpaired) electrons. The van der Waals surface area contributed by atoms with E-state index in [0.717, 1.165) is 5.69 Å². The molecule has 6 nitrogen and oxygen atoms in total. The highest BCUT2D eigenvalue weighted by atomic mass is 32.2. The molecule has 0 fully saturated rings. The molecule has 0 bridgehead atoms. The first-order chi connectivity index (χ1) is 8.45. The van der Waals surface area contributed by atoms with Crippen LogP contribution in [0.2, 0.25) is 0 Å². The van der Waals surface area contributed by atoms with Crippen molar-refractivity contribution >= 4 is 21.6 Å². The lowest BCUT2D eigenvalue weighted by Crippen LogP contribution is -2.26. The fourth-order valence-electron chi connectivity index (χ4n) is 1.32. The summed E-state index contributed by atoms with van der Waals surface area (Å²) in [5.74, 6) is -0.0766. The van der Waals surface area contributed by atoms with Crippen LogP contribution in [0.25, 0.3) is 0 Å². The van der Waals surface area contributed by atoms with E-state index in [1.54, 1.807) is 12.1 Å². The average molecular weight is 271 g/mol. The monoisotopic (exact) mass is 271 g/mol. The summed E-state index contributed by atoms with van der Waals surface area (Å²) < 4.78 is 25.2. The molecule has 0 saturated carbocycles. The van der Waals surface area contributed by atoms with Crippen LogP contribution in [0.4, 0.5) is 5.69 Å². The maximum Gasteiger partial charge on any atom is 0.240 e. The third-order valence-electron chi connectivity index (χ3n) is 2.26. The molecule has 100 valence electrons. The van der Waals surface area contributed by atoms with Gasteiger partial charge in [0, 0.05) is 25.7 Å². The van der Waals surface area contributed by atoms with Crippen LogP contribution in [0.3, 0.4) is 0 Å². The summed E-state index contributed by atoms with van der Waals surface area (Å²) in [5.41, 5.74) is 0.801. The molecule has 1 amide bonds. The van der Waals surface area contributed by atoms with Crippen molar-refractivity contribution in [3.63, 3.8) is 0 Å². The number of sulfonamides is 1. The molecule has 1 aromatic carbocycles. The van der Waals surface area contributed by atoms with Crippen molar-refractivity contribution in [2.45, 2.75) is 11.8 Å². The Morgan fingerprint density at radius 3 is 2.28 bits per heavy atom. The van der Waals surface area contributed by atoms with E-state index >= 15 is 0 Å². The van der Waals surface area contributed by atoms with Crippen molar-refractivity contribution in [1.82, 2.24) is 10.0 Å². The van der Waals surface area contributed by atoms with E-state index in [-0.39, 0.29) is 10.8 Å². The van der Waals surface area contributed by atoms with Gasteiger partial charge in [0.2, 0.25) is 15.9 Å². The van der Waals surface area contributed by atoms with Crippen LogP contribution in [0, 0.1) is 0 Å². The summed E-state index contributed by atoms with van der Waals surface area (Å²) in [5, 5.41) is 5.72. The van der Waals surface area contributed by atoms with Crippen LogP contribution in [0.1, 0.15) is 6.92 Å². The Balaban J connectivity index is 2.53. The summed E-state index contributed by atoms with van der Waals surface area (Å²) in [7, 11) is -2.02. The third kappa shape index (κ3) is 4.34. The number of nitrogens with one attached hydrogen (secondary N) is 3. The maximum atomic E-state index is 11.5. The van der Waals surface area contributed by atoms with Gasteiger partial charge in [0.1, 0.15) is 0 Å². The molecular weight excluding hydrogens is 254 g/mol. The molecular formula is C11H17N3O3S. The molecule has 1 rings (SSSR count). The smallest absolute Gasteiger partial charge is 0.240 e. The Labute approximate surface area is 107 Å². The Morgan fingerprint density at radius 2 is 1.78 bits per heavy atom. The van der Waals surface area contributed by atoms with Gasteiger partial charge in [-0.3, -0.25) is 4.79 Å². The topological polar surface area (TPSA) is 87.3 Å². The van der Waals surface area contributed by atoms with Crippen LogP contribution in [-0.4, -0.2) is 34.5 Å². The first kappa shape index (κ1) is 14.5. The molecule has 7 heteroatoms. The van der Waals surface area contributed by atoms with E-state index in [1.165, 1.54) is 26.1 Å². The molecule has 0 saturated heterocycles. The zero-order valence-electron chi connectivity index (χ0n) is 10.4. The summed E-state index contributed by atoms with van der Waals surface area (Å²) in [6.07, 6.45) is 0. The van der Waals surface area contributed by atoms with Gasteiger partial charge in [-0.05, 0) is 31.3 Å². The second kappa shape index (κ2) is 6.36. The van der Waals surface area contributed by atoms with Crippen LogP contribution >= 0.6 is 0 Å². The van der Waals surface area contributed by atoms with E-state index < -0.39 is 10.0 Å². The predicted octanol–water partition coefficient (Wildman–Crippen LogP) is 0.143. The van der Waals surface area contributed by atoms with Crippen molar-refractivity contribution in [3.05, 3.63) is 24.3 Å². The standard InChI is InChI=1S/C11H17N3O3S/c1-9(15)13-7-8-14-10-3-5-11(6-4-10)18(16,17)12-2/h3-6,12,14H,7-8H2,1-2H3,(H,13,15). The lowest BCUT2D eigenvalue weighted by molar-refractivity contribution is -0.118. The van der Waals surface area contributed by atoms with Gasteiger partial charge in [0.25, 0.3) is 0 Å². The largest absolute Gasteiger partial charge is 0.383 e. The minimum atomic E-state index is -3.39. The highest BCUT2D eigenvalue weighted by Crippen LogP contribution is 2.13. The minimum Gasteiger partial charge on any atom is -0.383 e. The van der Waals surface area contributed by atoms with Crippen molar-refractivity contribution < 1.29 is 13.2 Å². The van der Waals surface area contributed by atoms with Crippen LogP contribution in [0.15, 0.2) is 29.2 Å². The predicted molar refractivity (Wildman–Crippen MR) is 69.9 cm³/mol. The van der Waals surface area contributed by atoms with E-state index in [9.17, 15) is 13.2 Å². The molecule has 0 spiro atoms. The van der Waals surface area contributed by atoms with Gasteiger partial charge in [0.05, 0.1) is 4.90 Å². The zero-order valence-corrected chi connectivity index (χ0v) is 11.2. The number of rotatable bonds is 6. The van der Waals surface area contributed by atoms with E-state index in [2.05, 4.69) is 15.4 Å². The van der Waals surface area contributed by atoms with Crippen molar-refractivity contribution in [2.24, 2.45) is 0 Å². The Kier molecular flexibility index (Phi) is 5.11. The lowest BCUT2D eigenvalue weighted by atomic mass is 10.3. The van der Waals surface area contributed by atoms with E-state index in [1.807, 2.05) is 0 Å². The Bertz CT molecular complexity index is 497. The van der Waals surface area contributed by atoms with Gasteiger partial charge in [-0.2, -0.15) is 0 Å². The molecule has 0 aromatic heterocycles. The minimum absolute atomic E-state index is 0.0766. The molecule has 3 N–H and O–H groups in total. The summed E-state index contributed by atoms with van der Waals surface area (Å²) in [4.78, 5) is 10.9. The lowest BCUT2D eigenvalue weighted by Gasteiger charge is -2.08. The number of benzene rings is 1. The maximum absolute atomic E-state index is 11.5. The summed E-state index contributed by atoms with van der Waals surface area (Å²) >= 11 is 0. The number of hydrogen-bond donors (Lipinski definition) is 3.